The van der Waals surface area contributed by atoms with E-state index >= 15 is 0 Å². The average Bonchev–Trinajstić information content (AvgIpc) is 2.29. The smallest absolute Gasteiger partial charge is 0.223 e. The second kappa shape index (κ2) is 4.61. The van der Waals surface area contributed by atoms with Crippen LogP contribution in [0.25, 0.3) is 0 Å². The van der Waals surface area contributed by atoms with Crippen LogP contribution < -0.4 is 5.73 Å². The molecule has 0 amide bonds. The van der Waals surface area contributed by atoms with Crippen LogP contribution in [0.3, 0.4) is 0 Å². The monoisotopic (exact) mass is 215 g/mol. The minimum atomic E-state index is -0.0246. The second-order valence-corrected chi connectivity index (χ2v) is 3.56. The van der Waals surface area contributed by atoms with Crippen molar-refractivity contribution in [1.82, 2.24) is 9.97 Å². The van der Waals surface area contributed by atoms with Crippen LogP contribution in [0.15, 0.2) is 36.5 Å². The standard InChI is InChI=1S/C12H13N3O/c13-12-14-8-10(11(16)15-12)7-6-9-4-2-1-3-5-9/h1-5,8H,6-7H2,(H3,13,14,15,16). The summed E-state index contributed by atoms with van der Waals surface area (Å²) < 4.78 is 0. The molecule has 0 aliphatic carbocycles. The van der Waals surface area contributed by atoms with E-state index < -0.39 is 0 Å². The summed E-state index contributed by atoms with van der Waals surface area (Å²) >= 11 is 0. The van der Waals surface area contributed by atoms with Crippen molar-refractivity contribution >= 4 is 5.95 Å². The molecule has 16 heavy (non-hydrogen) atoms. The maximum absolute atomic E-state index is 9.54. The van der Waals surface area contributed by atoms with Gasteiger partial charge in [-0.15, -0.1) is 0 Å². The van der Waals surface area contributed by atoms with Gasteiger partial charge in [0.05, 0.1) is 0 Å². The van der Waals surface area contributed by atoms with Crippen molar-refractivity contribution in [1.29, 1.82) is 0 Å². The van der Waals surface area contributed by atoms with Gasteiger partial charge in [-0.2, -0.15) is 4.98 Å². The van der Waals surface area contributed by atoms with Crippen molar-refractivity contribution < 1.29 is 5.11 Å². The van der Waals surface area contributed by atoms with Crippen LogP contribution in [-0.2, 0) is 12.8 Å². The van der Waals surface area contributed by atoms with Gasteiger partial charge in [0.2, 0.25) is 11.8 Å². The molecule has 0 atom stereocenters. The first-order valence-electron chi connectivity index (χ1n) is 5.10. The summed E-state index contributed by atoms with van der Waals surface area (Å²) in [6.07, 6.45) is 3.12. The molecule has 0 fully saturated rings. The maximum atomic E-state index is 9.54. The molecule has 2 aromatic rings. The predicted octanol–water partition coefficient (Wildman–Crippen LogP) is 1.55. The Bertz CT molecular complexity index is 471. The van der Waals surface area contributed by atoms with E-state index in [4.69, 9.17) is 5.73 Å². The van der Waals surface area contributed by atoms with Crippen LogP contribution in [0, 0.1) is 0 Å². The quantitative estimate of drug-likeness (QED) is 0.814. The van der Waals surface area contributed by atoms with E-state index in [-0.39, 0.29) is 11.8 Å². The number of hydrogen-bond acceptors (Lipinski definition) is 4. The summed E-state index contributed by atoms with van der Waals surface area (Å²) in [4.78, 5) is 7.57. The van der Waals surface area contributed by atoms with Crippen LogP contribution in [0.2, 0.25) is 0 Å². The lowest BCUT2D eigenvalue weighted by Crippen LogP contribution is -1.99. The normalized spacial score (nSPS) is 10.2. The zero-order valence-corrected chi connectivity index (χ0v) is 8.80. The average molecular weight is 215 g/mol. The summed E-state index contributed by atoms with van der Waals surface area (Å²) in [5.41, 5.74) is 7.29. The lowest BCUT2D eigenvalue weighted by atomic mass is 10.1. The molecular weight excluding hydrogens is 202 g/mol. The number of benzene rings is 1. The molecule has 0 aliphatic rings. The highest BCUT2D eigenvalue weighted by Crippen LogP contribution is 2.15. The van der Waals surface area contributed by atoms with Gasteiger partial charge in [-0.3, -0.25) is 0 Å². The lowest BCUT2D eigenvalue weighted by molar-refractivity contribution is 0.445. The molecule has 4 nitrogen and oxygen atoms in total. The number of aromatic hydroxyl groups is 1. The highest BCUT2D eigenvalue weighted by atomic mass is 16.3. The number of nitrogens with zero attached hydrogens (tertiary/aromatic N) is 2. The molecule has 3 N–H and O–H groups in total. The molecule has 0 aliphatic heterocycles. The summed E-state index contributed by atoms with van der Waals surface area (Å²) in [6.45, 7) is 0. The summed E-state index contributed by atoms with van der Waals surface area (Å²) in [5, 5.41) is 9.54. The Morgan fingerprint density at radius 3 is 2.56 bits per heavy atom. The fraction of sp³-hybridized carbons (Fsp3) is 0.167. The van der Waals surface area contributed by atoms with Crippen LogP contribution in [0.5, 0.6) is 5.88 Å². The molecule has 1 aromatic heterocycles. The summed E-state index contributed by atoms with van der Waals surface area (Å²) in [7, 11) is 0. The third-order valence-electron chi connectivity index (χ3n) is 2.39. The van der Waals surface area contributed by atoms with Crippen molar-refractivity contribution in [2.75, 3.05) is 5.73 Å². The first-order chi connectivity index (χ1) is 7.75. The zero-order chi connectivity index (χ0) is 11.4. The highest BCUT2D eigenvalue weighted by Gasteiger charge is 2.04. The van der Waals surface area contributed by atoms with E-state index in [2.05, 4.69) is 22.1 Å². The molecule has 82 valence electrons. The third kappa shape index (κ3) is 2.48. The van der Waals surface area contributed by atoms with Crippen LogP contribution in [0.1, 0.15) is 11.1 Å². The largest absolute Gasteiger partial charge is 0.493 e. The Balaban J connectivity index is 2.05. The molecule has 0 saturated carbocycles. The molecule has 0 radical (unpaired) electrons. The van der Waals surface area contributed by atoms with Gasteiger partial charge in [-0.1, -0.05) is 30.3 Å². The van der Waals surface area contributed by atoms with Gasteiger partial charge in [0.15, 0.2) is 0 Å². The van der Waals surface area contributed by atoms with Gasteiger partial charge in [0, 0.05) is 11.8 Å². The third-order valence-corrected chi connectivity index (χ3v) is 2.39. The minimum absolute atomic E-state index is 0.0246. The fourth-order valence-corrected chi connectivity index (χ4v) is 1.51. The Labute approximate surface area is 93.8 Å². The number of rotatable bonds is 3. The number of nitrogen functional groups attached to an aromatic ring is 1. The summed E-state index contributed by atoms with van der Waals surface area (Å²) in [5.74, 6) is 0.0735. The van der Waals surface area contributed by atoms with Crippen LogP contribution >= 0.6 is 0 Å². The first kappa shape index (κ1) is 10.4. The minimum Gasteiger partial charge on any atom is -0.493 e. The van der Waals surface area contributed by atoms with E-state index in [9.17, 15) is 5.11 Å². The van der Waals surface area contributed by atoms with Gasteiger partial charge < -0.3 is 10.8 Å². The SMILES string of the molecule is Nc1ncc(CCc2ccccc2)c(O)n1. The molecule has 1 heterocycles. The van der Waals surface area contributed by atoms with E-state index in [0.717, 1.165) is 12.0 Å². The van der Waals surface area contributed by atoms with Gasteiger partial charge in [-0.25, -0.2) is 4.98 Å². The van der Waals surface area contributed by atoms with Crippen LogP contribution in [-0.4, -0.2) is 15.1 Å². The molecular formula is C12H13N3O. The first-order valence-corrected chi connectivity index (χ1v) is 5.10. The Hall–Kier alpha value is -2.10. The number of anilines is 1. The Morgan fingerprint density at radius 1 is 1.12 bits per heavy atom. The number of aryl methyl sites for hydroxylation is 2. The maximum Gasteiger partial charge on any atom is 0.223 e. The zero-order valence-electron chi connectivity index (χ0n) is 8.80. The predicted molar refractivity (Wildman–Crippen MR) is 62.0 cm³/mol. The molecule has 0 bridgehead atoms. The van der Waals surface area contributed by atoms with E-state index in [1.807, 2.05) is 18.2 Å². The highest BCUT2D eigenvalue weighted by molar-refractivity contribution is 5.29. The molecule has 0 unspecified atom stereocenters. The summed E-state index contributed by atoms with van der Waals surface area (Å²) in [6, 6.07) is 10.1. The van der Waals surface area contributed by atoms with Crippen molar-refractivity contribution in [3.63, 3.8) is 0 Å². The number of hydrogen-bond donors (Lipinski definition) is 2. The Kier molecular flexibility index (Phi) is 3.00. The van der Waals surface area contributed by atoms with E-state index in [0.29, 0.717) is 6.42 Å². The van der Waals surface area contributed by atoms with Gasteiger partial charge in [0.1, 0.15) is 0 Å². The van der Waals surface area contributed by atoms with E-state index in [1.165, 1.54) is 5.56 Å². The van der Waals surface area contributed by atoms with Gasteiger partial charge >= 0.3 is 0 Å². The molecule has 1 aromatic carbocycles. The molecule has 0 saturated heterocycles. The molecule has 2 rings (SSSR count). The fourth-order valence-electron chi connectivity index (χ4n) is 1.51. The molecule has 4 heteroatoms. The van der Waals surface area contributed by atoms with Gasteiger partial charge in [-0.05, 0) is 18.4 Å². The van der Waals surface area contributed by atoms with Gasteiger partial charge in [0.25, 0.3) is 0 Å². The van der Waals surface area contributed by atoms with E-state index in [1.54, 1.807) is 6.20 Å². The lowest BCUT2D eigenvalue weighted by Gasteiger charge is -2.03. The topological polar surface area (TPSA) is 72.0 Å². The number of nitrogens with two attached hydrogens (primary N) is 1. The van der Waals surface area contributed by atoms with Crippen molar-refractivity contribution in [2.24, 2.45) is 0 Å². The van der Waals surface area contributed by atoms with Crippen molar-refractivity contribution in [2.45, 2.75) is 12.8 Å². The second-order valence-electron chi connectivity index (χ2n) is 3.56. The number of aromatic nitrogens is 2. The Morgan fingerprint density at radius 2 is 1.88 bits per heavy atom. The van der Waals surface area contributed by atoms with Crippen molar-refractivity contribution in [3.05, 3.63) is 47.7 Å². The van der Waals surface area contributed by atoms with Crippen LogP contribution in [0.4, 0.5) is 5.95 Å². The molecule has 0 spiro atoms. The van der Waals surface area contributed by atoms with Crippen molar-refractivity contribution in [3.8, 4) is 5.88 Å².